The van der Waals surface area contributed by atoms with Gasteiger partial charge < -0.3 is 11.1 Å². The fourth-order valence-corrected chi connectivity index (χ4v) is 3.58. The first-order valence-electron chi connectivity index (χ1n) is 7.41. The molecule has 0 bridgehead atoms. The van der Waals surface area contributed by atoms with Gasteiger partial charge in [-0.05, 0) is 43.2 Å². The van der Waals surface area contributed by atoms with E-state index in [0.29, 0.717) is 6.54 Å². The zero-order chi connectivity index (χ0) is 15.1. The Hall–Kier alpha value is -1.44. The van der Waals surface area contributed by atoms with Crippen molar-refractivity contribution in [1.29, 1.82) is 0 Å². The molecule has 1 aliphatic heterocycles. The van der Waals surface area contributed by atoms with Gasteiger partial charge in [-0.15, -0.1) is 11.8 Å². The molecule has 2 atom stereocenters. The summed E-state index contributed by atoms with van der Waals surface area (Å²) in [7, 11) is 0. The molecule has 1 amide bonds. The highest BCUT2D eigenvalue weighted by molar-refractivity contribution is 8.00. The molecule has 0 aliphatic carbocycles. The van der Waals surface area contributed by atoms with Gasteiger partial charge in [0.25, 0.3) is 0 Å². The Morgan fingerprint density at radius 3 is 3.10 bits per heavy atom. The van der Waals surface area contributed by atoms with Crippen molar-refractivity contribution in [2.45, 2.75) is 37.5 Å². The predicted molar refractivity (Wildman–Crippen MR) is 89.0 cm³/mol. The van der Waals surface area contributed by atoms with Crippen LogP contribution in [0.2, 0.25) is 0 Å². The van der Waals surface area contributed by atoms with Crippen LogP contribution in [0.3, 0.4) is 0 Å². The van der Waals surface area contributed by atoms with Crippen molar-refractivity contribution in [3.8, 4) is 11.8 Å². The molecular formula is C17H22N2OS. The summed E-state index contributed by atoms with van der Waals surface area (Å²) in [5, 5.41) is 3.23. The van der Waals surface area contributed by atoms with Gasteiger partial charge in [-0.3, -0.25) is 4.79 Å². The number of rotatable bonds is 3. The number of carbonyl (C=O) groups is 1. The maximum absolute atomic E-state index is 12.3. The lowest BCUT2D eigenvalue weighted by atomic mass is 10.0. The Labute approximate surface area is 131 Å². The smallest absolute Gasteiger partial charge is 0.233 e. The first-order valence-corrected chi connectivity index (χ1v) is 8.46. The van der Waals surface area contributed by atoms with Crippen molar-refractivity contribution in [2.75, 3.05) is 12.3 Å². The molecule has 1 aromatic carbocycles. The van der Waals surface area contributed by atoms with Crippen LogP contribution in [-0.4, -0.2) is 23.5 Å². The van der Waals surface area contributed by atoms with E-state index in [4.69, 9.17) is 5.73 Å². The maximum atomic E-state index is 12.3. The van der Waals surface area contributed by atoms with Gasteiger partial charge in [0.05, 0.1) is 17.8 Å². The van der Waals surface area contributed by atoms with E-state index < -0.39 is 0 Å². The Bertz CT molecular complexity index is 541. The van der Waals surface area contributed by atoms with E-state index in [2.05, 4.69) is 17.2 Å². The van der Waals surface area contributed by atoms with Crippen LogP contribution in [0.25, 0.3) is 0 Å². The molecule has 2 rings (SSSR count). The molecule has 1 aliphatic rings. The van der Waals surface area contributed by atoms with Crippen LogP contribution in [0.4, 0.5) is 0 Å². The summed E-state index contributed by atoms with van der Waals surface area (Å²) in [4.78, 5) is 12.3. The van der Waals surface area contributed by atoms with Crippen molar-refractivity contribution < 1.29 is 4.79 Å². The Balaban J connectivity index is 1.99. The molecule has 2 unspecified atom stereocenters. The van der Waals surface area contributed by atoms with Gasteiger partial charge in [0.15, 0.2) is 0 Å². The van der Waals surface area contributed by atoms with Crippen LogP contribution >= 0.6 is 11.8 Å². The monoisotopic (exact) mass is 302 g/mol. The number of nitrogens with two attached hydrogens (primary N) is 1. The summed E-state index contributed by atoms with van der Waals surface area (Å²) in [6, 6.07) is 7.96. The third-order valence-electron chi connectivity index (χ3n) is 3.55. The molecular weight excluding hydrogens is 280 g/mol. The number of benzene rings is 1. The van der Waals surface area contributed by atoms with E-state index in [0.717, 1.165) is 29.7 Å². The second kappa shape index (κ2) is 8.11. The summed E-state index contributed by atoms with van der Waals surface area (Å²) in [5.74, 6) is 7.13. The average molecular weight is 302 g/mol. The van der Waals surface area contributed by atoms with E-state index in [9.17, 15) is 4.79 Å². The van der Waals surface area contributed by atoms with Gasteiger partial charge in [-0.1, -0.05) is 30.4 Å². The molecule has 1 heterocycles. The zero-order valence-electron chi connectivity index (χ0n) is 12.4. The second-order valence-corrected chi connectivity index (χ2v) is 6.53. The summed E-state index contributed by atoms with van der Waals surface area (Å²) in [6.07, 6.45) is 3.38. The number of hydrogen-bond acceptors (Lipinski definition) is 3. The van der Waals surface area contributed by atoms with Crippen molar-refractivity contribution in [2.24, 2.45) is 5.73 Å². The van der Waals surface area contributed by atoms with E-state index in [1.807, 2.05) is 31.2 Å². The highest BCUT2D eigenvalue weighted by Gasteiger charge is 2.23. The SMILES string of the molecule is CC(NC(=O)C1CCCCS1)c1cccc(C#CCN)c1. The minimum Gasteiger partial charge on any atom is -0.349 e. The summed E-state index contributed by atoms with van der Waals surface area (Å²) < 4.78 is 0. The van der Waals surface area contributed by atoms with Gasteiger partial charge >= 0.3 is 0 Å². The molecule has 3 N–H and O–H groups in total. The van der Waals surface area contributed by atoms with Crippen molar-refractivity contribution in [3.05, 3.63) is 35.4 Å². The summed E-state index contributed by atoms with van der Waals surface area (Å²) >= 11 is 1.77. The first kappa shape index (κ1) is 15.9. The highest BCUT2D eigenvalue weighted by Crippen LogP contribution is 2.26. The third kappa shape index (κ3) is 4.80. The standard InChI is InChI=1S/C17H22N2OS/c1-13(19-17(20)16-9-2-3-11-21-16)15-8-4-6-14(12-15)7-5-10-18/h4,6,8,12-13,16H,2-3,9-11,18H2,1H3,(H,19,20). The maximum Gasteiger partial charge on any atom is 0.233 e. The van der Waals surface area contributed by atoms with Gasteiger partial charge in [0.2, 0.25) is 5.91 Å². The molecule has 112 valence electrons. The Morgan fingerprint density at radius 2 is 2.38 bits per heavy atom. The summed E-state index contributed by atoms with van der Waals surface area (Å²) in [6.45, 7) is 2.37. The number of hydrogen-bond donors (Lipinski definition) is 2. The number of amides is 1. The van der Waals surface area contributed by atoms with Crippen molar-refractivity contribution >= 4 is 17.7 Å². The molecule has 1 fully saturated rings. The Morgan fingerprint density at radius 1 is 1.52 bits per heavy atom. The molecule has 4 heteroatoms. The minimum absolute atomic E-state index is 0.000321. The normalized spacial score (nSPS) is 19.2. The lowest BCUT2D eigenvalue weighted by Gasteiger charge is -2.23. The lowest BCUT2D eigenvalue weighted by Crippen LogP contribution is -2.35. The zero-order valence-corrected chi connectivity index (χ0v) is 13.2. The minimum atomic E-state index is -0.000321. The first-order chi connectivity index (χ1) is 10.2. The highest BCUT2D eigenvalue weighted by atomic mass is 32.2. The van der Waals surface area contributed by atoms with Crippen LogP contribution in [0.15, 0.2) is 24.3 Å². The van der Waals surface area contributed by atoms with Crippen LogP contribution in [0.5, 0.6) is 0 Å². The second-order valence-electron chi connectivity index (χ2n) is 5.22. The Kier molecular flexibility index (Phi) is 6.16. The van der Waals surface area contributed by atoms with Crippen LogP contribution < -0.4 is 11.1 Å². The number of thioether (sulfide) groups is 1. The predicted octanol–water partition coefficient (Wildman–Crippen LogP) is 2.46. The van der Waals surface area contributed by atoms with E-state index >= 15 is 0 Å². The molecule has 0 radical (unpaired) electrons. The van der Waals surface area contributed by atoms with E-state index in [1.54, 1.807) is 11.8 Å². The molecule has 0 aromatic heterocycles. The largest absolute Gasteiger partial charge is 0.349 e. The molecule has 1 aromatic rings. The number of nitrogens with one attached hydrogen (secondary N) is 1. The molecule has 3 nitrogen and oxygen atoms in total. The average Bonchev–Trinajstić information content (AvgIpc) is 2.54. The van der Waals surface area contributed by atoms with Gasteiger partial charge in [0, 0.05) is 5.56 Å². The number of carbonyl (C=O) groups excluding carboxylic acids is 1. The topological polar surface area (TPSA) is 55.1 Å². The van der Waals surface area contributed by atoms with E-state index in [-0.39, 0.29) is 17.2 Å². The van der Waals surface area contributed by atoms with Crippen molar-refractivity contribution in [1.82, 2.24) is 5.32 Å². The van der Waals surface area contributed by atoms with Gasteiger partial charge in [0.1, 0.15) is 0 Å². The lowest BCUT2D eigenvalue weighted by molar-refractivity contribution is -0.121. The van der Waals surface area contributed by atoms with Crippen LogP contribution in [0.1, 0.15) is 43.4 Å². The molecule has 0 spiro atoms. The molecule has 21 heavy (non-hydrogen) atoms. The van der Waals surface area contributed by atoms with Crippen molar-refractivity contribution in [3.63, 3.8) is 0 Å². The van der Waals surface area contributed by atoms with Gasteiger partial charge in [-0.25, -0.2) is 0 Å². The quantitative estimate of drug-likeness (QED) is 0.843. The van der Waals surface area contributed by atoms with Gasteiger partial charge in [-0.2, -0.15) is 0 Å². The fourth-order valence-electron chi connectivity index (χ4n) is 2.38. The van der Waals surface area contributed by atoms with E-state index in [1.165, 1.54) is 6.42 Å². The van der Waals surface area contributed by atoms with Crippen LogP contribution in [0, 0.1) is 11.8 Å². The fraction of sp³-hybridized carbons (Fsp3) is 0.471. The van der Waals surface area contributed by atoms with Crippen LogP contribution in [-0.2, 0) is 4.79 Å². The third-order valence-corrected chi connectivity index (χ3v) is 4.93. The molecule has 0 saturated carbocycles. The molecule has 1 saturated heterocycles. The summed E-state index contributed by atoms with van der Waals surface area (Å²) in [5.41, 5.74) is 7.40.